The molecule has 1 amide bonds. The fourth-order valence-corrected chi connectivity index (χ4v) is 4.23. The fraction of sp³-hybridized carbons (Fsp3) is 0.214. The molecule has 0 radical (unpaired) electrons. The number of fused-ring (bicyclic) bond motifs is 1. The zero-order valence-corrected chi connectivity index (χ0v) is 19.5. The van der Waals surface area contributed by atoms with E-state index < -0.39 is 0 Å². The van der Waals surface area contributed by atoms with Gasteiger partial charge in [0.2, 0.25) is 11.2 Å². The molecule has 1 aromatic heterocycles. The molecule has 7 heteroatoms. The van der Waals surface area contributed by atoms with Crippen LogP contribution in [0.15, 0.2) is 82.0 Å². The Balaban J connectivity index is 1.28. The Bertz CT molecular complexity index is 1410. The number of rotatable bonds is 7. The maximum atomic E-state index is 13.0. The maximum absolute atomic E-state index is 13.0. The molecular formula is C28H26N2O5. The number of anilines is 2. The van der Waals surface area contributed by atoms with Crippen LogP contribution in [-0.2, 0) is 4.79 Å². The second-order valence-electron chi connectivity index (χ2n) is 8.44. The summed E-state index contributed by atoms with van der Waals surface area (Å²) in [5, 5.41) is 3.32. The van der Waals surface area contributed by atoms with Crippen molar-refractivity contribution in [3.8, 4) is 17.2 Å². The molecule has 1 aliphatic rings. The van der Waals surface area contributed by atoms with Gasteiger partial charge in [0.15, 0.2) is 6.61 Å². The van der Waals surface area contributed by atoms with Gasteiger partial charge in [0.25, 0.3) is 5.91 Å². The highest BCUT2D eigenvalue weighted by atomic mass is 16.5. The molecule has 0 bridgehead atoms. The quantitative estimate of drug-likeness (QED) is 0.384. The van der Waals surface area contributed by atoms with Gasteiger partial charge < -0.3 is 24.1 Å². The standard InChI is InChI=1S/C28H26N2O5/c1-19-28(35-20-9-3-2-4-10-20)27(32)22-14-13-21(17-25(22)34-19)33-18-26(31)29-23-11-5-6-12-24(23)30-15-7-8-16-30/h2-6,9-14,17H,7-8,15-16,18H2,1H3,(H,29,31). The number of carbonyl (C=O) groups excluding carboxylic acids is 1. The Morgan fingerprint density at radius 1 is 0.971 bits per heavy atom. The molecule has 4 aromatic rings. The second kappa shape index (κ2) is 9.93. The molecule has 0 saturated carbocycles. The van der Waals surface area contributed by atoms with Gasteiger partial charge in [-0.3, -0.25) is 9.59 Å². The smallest absolute Gasteiger partial charge is 0.262 e. The summed E-state index contributed by atoms with van der Waals surface area (Å²) in [7, 11) is 0. The highest BCUT2D eigenvalue weighted by molar-refractivity contribution is 5.95. The van der Waals surface area contributed by atoms with E-state index in [0.717, 1.165) is 37.3 Å². The third kappa shape index (κ3) is 4.99. The summed E-state index contributed by atoms with van der Waals surface area (Å²) in [4.78, 5) is 27.9. The van der Waals surface area contributed by atoms with Crippen molar-refractivity contribution in [2.45, 2.75) is 19.8 Å². The van der Waals surface area contributed by atoms with Gasteiger partial charge in [0.05, 0.1) is 16.8 Å². The molecule has 2 heterocycles. The number of nitrogens with one attached hydrogen (secondary N) is 1. The third-order valence-electron chi connectivity index (χ3n) is 5.94. The highest BCUT2D eigenvalue weighted by Gasteiger charge is 2.17. The van der Waals surface area contributed by atoms with Gasteiger partial charge in [-0.05, 0) is 56.2 Å². The molecule has 1 aliphatic heterocycles. The minimum absolute atomic E-state index is 0.147. The van der Waals surface area contributed by atoms with E-state index in [0.29, 0.717) is 28.2 Å². The highest BCUT2D eigenvalue weighted by Crippen LogP contribution is 2.29. The van der Waals surface area contributed by atoms with Crippen LogP contribution in [0.3, 0.4) is 0 Å². The Labute approximate surface area is 202 Å². The van der Waals surface area contributed by atoms with Crippen molar-refractivity contribution in [1.29, 1.82) is 0 Å². The summed E-state index contributed by atoms with van der Waals surface area (Å²) < 4.78 is 17.3. The molecule has 0 unspecified atom stereocenters. The van der Waals surface area contributed by atoms with Crippen LogP contribution in [-0.4, -0.2) is 25.6 Å². The summed E-state index contributed by atoms with van der Waals surface area (Å²) in [6.45, 7) is 3.49. The summed E-state index contributed by atoms with van der Waals surface area (Å²) in [5.41, 5.74) is 1.89. The predicted molar refractivity (Wildman–Crippen MR) is 136 cm³/mol. The van der Waals surface area contributed by atoms with Gasteiger partial charge in [-0.2, -0.15) is 0 Å². The maximum Gasteiger partial charge on any atom is 0.262 e. The Hall–Kier alpha value is -4.26. The number of para-hydroxylation sites is 3. The van der Waals surface area contributed by atoms with Crippen LogP contribution in [0.1, 0.15) is 18.6 Å². The lowest BCUT2D eigenvalue weighted by Crippen LogP contribution is -2.24. The Kier molecular flexibility index (Phi) is 6.39. The van der Waals surface area contributed by atoms with Crippen LogP contribution in [0.2, 0.25) is 0 Å². The minimum atomic E-state index is -0.268. The van der Waals surface area contributed by atoms with Crippen LogP contribution in [0.5, 0.6) is 17.2 Å². The van der Waals surface area contributed by atoms with Crippen LogP contribution < -0.4 is 25.1 Å². The van der Waals surface area contributed by atoms with E-state index in [2.05, 4.69) is 10.2 Å². The molecule has 5 rings (SSSR count). The number of ether oxygens (including phenoxy) is 2. The van der Waals surface area contributed by atoms with Crippen molar-refractivity contribution in [2.24, 2.45) is 0 Å². The van der Waals surface area contributed by atoms with Gasteiger partial charge in [0.1, 0.15) is 22.8 Å². The first-order valence-corrected chi connectivity index (χ1v) is 11.7. The first-order chi connectivity index (χ1) is 17.1. The first-order valence-electron chi connectivity index (χ1n) is 11.7. The van der Waals surface area contributed by atoms with E-state index in [1.165, 1.54) is 0 Å². The predicted octanol–water partition coefficient (Wildman–Crippen LogP) is 5.51. The molecule has 0 spiro atoms. The number of benzene rings is 3. The van der Waals surface area contributed by atoms with Gasteiger partial charge in [0, 0.05) is 19.2 Å². The minimum Gasteiger partial charge on any atom is -0.484 e. The average Bonchev–Trinajstić information content (AvgIpc) is 3.41. The summed E-state index contributed by atoms with van der Waals surface area (Å²) in [6.07, 6.45) is 2.31. The number of nitrogens with zero attached hydrogens (tertiary/aromatic N) is 1. The zero-order chi connectivity index (χ0) is 24.2. The van der Waals surface area contributed by atoms with Gasteiger partial charge in [-0.15, -0.1) is 0 Å². The topological polar surface area (TPSA) is 81.0 Å². The monoisotopic (exact) mass is 470 g/mol. The molecule has 3 aromatic carbocycles. The van der Waals surface area contributed by atoms with E-state index >= 15 is 0 Å². The van der Waals surface area contributed by atoms with Crippen LogP contribution >= 0.6 is 0 Å². The van der Waals surface area contributed by atoms with Crippen molar-refractivity contribution in [1.82, 2.24) is 0 Å². The Morgan fingerprint density at radius 2 is 1.71 bits per heavy atom. The number of aryl methyl sites for hydroxylation is 1. The molecule has 35 heavy (non-hydrogen) atoms. The molecule has 1 N–H and O–H groups in total. The van der Waals surface area contributed by atoms with Gasteiger partial charge in [-0.1, -0.05) is 30.3 Å². The number of hydrogen-bond donors (Lipinski definition) is 1. The summed E-state index contributed by atoms with van der Waals surface area (Å²) >= 11 is 0. The van der Waals surface area contributed by atoms with Crippen LogP contribution in [0.25, 0.3) is 11.0 Å². The second-order valence-corrected chi connectivity index (χ2v) is 8.44. The largest absolute Gasteiger partial charge is 0.484 e. The van der Waals surface area contributed by atoms with E-state index in [-0.39, 0.29) is 23.7 Å². The van der Waals surface area contributed by atoms with Crippen molar-refractivity contribution in [3.05, 3.63) is 88.8 Å². The van der Waals surface area contributed by atoms with Crippen LogP contribution in [0.4, 0.5) is 11.4 Å². The van der Waals surface area contributed by atoms with Crippen molar-refractivity contribution in [2.75, 3.05) is 29.9 Å². The fourth-order valence-electron chi connectivity index (χ4n) is 4.23. The van der Waals surface area contributed by atoms with E-state index in [1.54, 1.807) is 37.3 Å². The molecule has 1 fully saturated rings. The lowest BCUT2D eigenvalue weighted by molar-refractivity contribution is -0.118. The first kappa shape index (κ1) is 22.5. The lowest BCUT2D eigenvalue weighted by atomic mass is 10.2. The van der Waals surface area contributed by atoms with E-state index in [9.17, 15) is 9.59 Å². The summed E-state index contributed by atoms with van der Waals surface area (Å²) in [6, 6.07) is 21.7. The van der Waals surface area contributed by atoms with E-state index in [1.807, 2.05) is 42.5 Å². The van der Waals surface area contributed by atoms with Crippen molar-refractivity contribution >= 4 is 28.3 Å². The SMILES string of the molecule is Cc1oc2cc(OCC(=O)Nc3ccccc3N3CCCC3)ccc2c(=O)c1Oc1ccccc1. The average molecular weight is 471 g/mol. The summed E-state index contributed by atoms with van der Waals surface area (Å²) in [5.74, 6) is 1.23. The Morgan fingerprint density at radius 3 is 2.51 bits per heavy atom. The third-order valence-corrected chi connectivity index (χ3v) is 5.94. The lowest BCUT2D eigenvalue weighted by Gasteiger charge is -2.21. The van der Waals surface area contributed by atoms with Crippen molar-refractivity contribution in [3.63, 3.8) is 0 Å². The van der Waals surface area contributed by atoms with E-state index in [4.69, 9.17) is 13.9 Å². The molecular weight excluding hydrogens is 444 g/mol. The van der Waals surface area contributed by atoms with Gasteiger partial charge in [-0.25, -0.2) is 0 Å². The zero-order valence-electron chi connectivity index (χ0n) is 19.5. The normalized spacial score (nSPS) is 13.1. The molecule has 0 aliphatic carbocycles. The van der Waals surface area contributed by atoms with Crippen molar-refractivity contribution < 1.29 is 18.7 Å². The van der Waals surface area contributed by atoms with Crippen LogP contribution in [0, 0.1) is 6.92 Å². The molecule has 7 nitrogen and oxygen atoms in total. The number of hydrogen-bond acceptors (Lipinski definition) is 6. The molecule has 178 valence electrons. The molecule has 1 saturated heterocycles. The molecule has 0 atom stereocenters. The number of carbonyl (C=O) groups is 1. The van der Waals surface area contributed by atoms with Gasteiger partial charge >= 0.3 is 0 Å². The number of amides is 1.